The maximum atomic E-state index is 12.3. The molecular formula is C59H56O4. The van der Waals surface area contributed by atoms with Crippen molar-refractivity contribution < 1.29 is 20.4 Å². The molecule has 316 valence electrons. The van der Waals surface area contributed by atoms with E-state index in [1.54, 1.807) is 12.1 Å². The van der Waals surface area contributed by atoms with Crippen LogP contribution in [0.4, 0.5) is 0 Å². The van der Waals surface area contributed by atoms with E-state index in [0.29, 0.717) is 35.1 Å². The van der Waals surface area contributed by atoms with Gasteiger partial charge < -0.3 is 20.4 Å². The van der Waals surface area contributed by atoms with Gasteiger partial charge in [-0.2, -0.15) is 0 Å². The fourth-order valence-electron chi connectivity index (χ4n) is 9.00. The fourth-order valence-corrected chi connectivity index (χ4v) is 9.00. The summed E-state index contributed by atoms with van der Waals surface area (Å²) in [5.41, 5.74) is 13.1. The van der Waals surface area contributed by atoms with Crippen molar-refractivity contribution in [2.24, 2.45) is 0 Å². The second-order valence-electron chi connectivity index (χ2n) is 17.2. The van der Waals surface area contributed by atoms with Gasteiger partial charge in [0.05, 0.1) is 0 Å². The van der Waals surface area contributed by atoms with Crippen LogP contribution in [0.15, 0.2) is 182 Å². The Balaban J connectivity index is 1.21. The van der Waals surface area contributed by atoms with E-state index in [9.17, 15) is 20.4 Å². The van der Waals surface area contributed by atoms with Crippen LogP contribution < -0.4 is 0 Å². The molecule has 0 aromatic heterocycles. The molecule has 0 saturated heterocycles. The summed E-state index contributed by atoms with van der Waals surface area (Å²) in [7, 11) is 0. The molecule has 0 aliphatic carbocycles. The van der Waals surface area contributed by atoms with Crippen LogP contribution in [0.2, 0.25) is 0 Å². The summed E-state index contributed by atoms with van der Waals surface area (Å²) < 4.78 is 0. The van der Waals surface area contributed by atoms with Crippen molar-refractivity contribution in [3.8, 4) is 23.0 Å². The maximum absolute atomic E-state index is 12.3. The summed E-state index contributed by atoms with van der Waals surface area (Å²) in [6.07, 6.45) is 0.889. The predicted molar refractivity (Wildman–Crippen MR) is 257 cm³/mol. The lowest BCUT2D eigenvalue weighted by Crippen LogP contribution is -2.05. The number of phenols is 4. The minimum Gasteiger partial charge on any atom is -0.508 e. The molecule has 8 aromatic rings. The summed E-state index contributed by atoms with van der Waals surface area (Å²) in [5.74, 6) is 0.866. The lowest BCUT2D eigenvalue weighted by atomic mass is 9.84. The van der Waals surface area contributed by atoms with Crippen molar-refractivity contribution in [1.29, 1.82) is 0 Å². The Kier molecular flexibility index (Phi) is 12.8. The maximum Gasteiger partial charge on any atom is 0.122 e. The third-order valence-corrected chi connectivity index (χ3v) is 13.1. The Morgan fingerprint density at radius 1 is 0.270 bits per heavy atom. The molecule has 4 unspecified atom stereocenters. The zero-order valence-electron chi connectivity index (χ0n) is 36.5. The third-order valence-electron chi connectivity index (χ3n) is 13.1. The number of phenolic OH excluding ortho intramolecular Hbond substituents is 4. The highest BCUT2D eigenvalue weighted by atomic mass is 16.3. The van der Waals surface area contributed by atoms with E-state index in [1.807, 2.05) is 84.9 Å². The van der Waals surface area contributed by atoms with E-state index < -0.39 is 0 Å². The van der Waals surface area contributed by atoms with Crippen LogP contribution in [-0.2, 0) is 19.3 Å². The molecule has 0 fully saturated rings. The van der Waals surface area contributed by atoms with Gasteiger partial charge in [-0.1, -0.05) is 198 Å². The molecule has 8 aromatic carbocycles. The lowest BCUT2D eigenvalue weighted by molar-refractivity contribution is 0.454. The van der Waals surface area contributed by atoms with Crippen molar-refractivity contribution >= 4 is 0 Å². The van der Waals surface area contributed by atoms with Gasteiger partial charge in [-0.25, -0.2) is 0 Å². The van der Waals surface area contributed by atoms with Gasteiger partial charge >= 0.3 is 0 Å². The van der Waals surface area contributed by atoms with Crippen molar-refractivity contribution in [3.05, 3.63) is 260 Å². The Hall–Kier alpha value is -7.04. The van der Waals surface area contributed by atoms with Crippen LogP contribution >= 0.6 is 0 Å². The highest BCUT2D eigenvalue weighted by Crippen LogP contribution is 2.40. The van der Waals surface area contributed by atoms with Crippen LogP contribution in [0.1, 0.15) is 129 Å². The van der Waals surface area contributed by atoms with Crippen molar-refractivity contribution in [2.45, 2.75) is 70.6 Å². The molecule has 4 atom stereocenters. The first-order chi connectivity index (χ1) is 30.5. The van der Waals surface area contributed by atoms with Crippen LogP contribution in [0.3, 0.4) is 0 Å². The first-order valence-electron chi connectivity index (χ1n) is 22.1. The Morgan fingerprint density at radius 3 is 0.794 bits per heavy atom. The predicted octanol–water partition coefficient (Wildman–Crippen LogP) is 13.9. The second kappa shape index (κ2) is 18.9. The normalized spacial score (nSPS) is 13.3. The highest BCUT2D eigenvalue weighted by Gasteiger charge is 2.22. The van der Waals surface area contributed by atoms with Gasteiger partial charge in [0.2, 0.25) is 0 Å². The SMILES string of the molecule is CC(c1ccccc1)c1ccc(O)c(Cc2cc(C(C)c3ccccc3)cc(Cc3cc(C(C)c4ccccc4)cc(Cc4cc(C(C)c5ccccc5)ccc4O)c3O)c2O)c1. The van der Waals surface area contributed by atoms with Crippen LogP contribution in [0.25, 0.3) is 0 Å². The molecule has 0 saturated carbocycles. The first kappa shape index (κ1) is 42.6. The summed E-state index contributed by atoms with van der Waals surface area (Å²) in [5, 5.41) is 47.1. The van der Waals surface area contributed by atoms with Crippen LogP contribution in [0, 0.1) is 0 Å². The van der Waals surface area contributed by atoms with Gasteiger partial charge in [-0.15, -0.1) is 0 Å². The average molecular weight is 829 g/mol. The summed E-state index contributed by atoms with van der Waals surface area (Å²) in [6, 6.07) is 61.2. The molecule has 63 heavy (non-hydrogen) atoms. The van der Waals surface area contributed by atoms with Gasteiger partial charge in [-0.3, -0.25) is 0 Å². The van der Waals surface area contributed by atoms with Crippen molar-refractivity contribution in [1.82, 2.24) is 0 Å². The standard InChI is InChI=1S/C59H56O4/c1-38(42-17-9-5-10-18-42)46-25-27-56(60)50(29-46)35-52-31-48(40(3)44-21-13-7-14-22-44)33-54(58(52)62)37-55-34-49(41(4)45-23-15-8-16-24-45)32-53(59(55)63)36-51-30-47(26-28-57(51)61)39(2)43-19-11-6-12-20-43/h5-34,38-41,60-63H,35-37H2,1-4H3. The molecule has 0 spiro atoms. The quantitative estimate of drug-likeness (QED) is 0.0880. The van der Waals surface area contributed by atoms with E-state index in [2.05, 4.69) is 113 Å². The third kappa shape index (κ3) is 9.56. The Labute approximate surface area is 372 Å². The van der Waals surface area contributed by atoms with E-state index in [4.69, 9.17) is 0 Å². The Morgan fingerprint density at radius 2 is 0.508 bits per heavy atom. The van der Waals surface area contributed by atoms with Crippen LogP contribution in [0.5, 0.6) is 23.0 Å². The molecule has 0 bridgehead atoms. The second-order valence-corrected chi connectivity index (χ2v) is 17.2. The van der Waals surface area contributed by atoms with E-state index in [1.165, 1.54) is 11.1 Å². The molecular weight excluding hydrogens is 773 g/mol. The Bertz CT molecular complexity index is 2600. The topological polar surface area (TPSA) is 80.9 Å². The molecule has 0 aliphatic rings. The number of hydrogen-bond donors (Lipinski definition) is 4. The molecule has 0 heterocycles. The zero-order chi connectivity index (χ0) is 44.0. The fraction of sp³-hybridized carbons (Fsp3) is 0.186. The summed E-state index contributed by atoms with van der Waals surface area (Å²) in [6.45, 7) is 8.68. The van der Waals surface area contributed by atoms with Crippen molar-refractivity contribution in [2.75, 3.05) is 0 Å². The smallest absolute Gasteiger partial charge is 0.122 e. The zero-order valence-corrected chi connectivity index (χ0v) is 36.5. The van der Waals surface area contributed by atoms with Gasteiger partial charge in [0, 0.05) is 42.9 Å². The molecule has 0 radical (unpaired) electrons. The molecule has 4 nitrogen and oxygen atoms in total. The molecule has 4 N–H and O–H groups in total. The number of aromatic hydroxyl groups is 4. The first-order valence-corrected chi connectivity index (χ1v) is 22.1. The monoisotopic (exact) mass is 828 g/mol. The summed E-state index contributed by atoms with van der Waals surface area (Å²) >= 11 is 0. The minimum atomic E-state index is 0.00413. The van der Waals surface area contributed by atoms with E-state index >= 15 is 0 Å². The molecule has 0 aliphatic heterocycles. The highest BCUT2D eigenvalue weighted by molar-refractivity contribution is 5.56. The van der Waals surface area contributed by atoms with E-state index in [0.717, 1.165) is 44.5 Å². The number of hydrogen-bond acceptors (Lipinski definition) is 4. The minimum absolute atomic E-state index is 0.00413. The van der Waals surface area contributed by atoms with Gasteiger partial charge in [-0.05, 0) is 90.0 Å². The molecule has 8 rings (SSSR count). The summed E-state index contributed by atoms with van der Waals surface area (Å²) in [4.78, 5) is 0. The lowest BCUT2D eigenvalue weighted by Gasteiger charge is -2.21. The average Bonchev–Trinajstić information content (AvgIpc) is 3.32. The largest absolute Gasteiger partial charge is 0.508 e. The van der Waals surface area contributed by atoms with Crippen molar-refractivity contribution in [3.63, 3.8) is 0 Å². The van der Waals surface area contributed by atoms with Crippen LogP contribution in [-0.4, -0.2) is 20.4 Å². The van der Waals surface area contributed by atoms with Gasteiger partial charge in [0.25, 0.3) is 0 Å². The van der Waals surface area contributed by atoms with Gasteiger partial charge in [0.15, 0.2) is 0 Å². The number of rotatable bonds is 14. The molecule has 0 amide bonds. The van der Waals surface area contributed by atoms with Gasteiger partial charge in [0.1, 0.15) is 23.0 Å². The van der Waals surface area contributed by atoms with E-state index in [-0.39, 0.29) is 53.1 Å². The number of benzene rings is 8. The molecule has 4 heteroatoms.